The normalized spacial score (nSPS) is 10.9. The van der Waals surface area contributed by atoms with Gasteiger partial charge in [-0.2, -0.15) is 0 Å². The largest absolute Gasteiger partial charge is 0.516 e. The summed E-state index contributed by atoms with van der Waals surface area (Å²) in [5, 5.41) is 0. The summed E-state index contributed by atoms with van der Waals surface area (Å²) in [4.78, 5) is 26.0. The van der Waals surface area contributed by atoms with Crippen LogP contribution in [0.2, 0.25) is 12.1 Å². The van der Waals surface area contributed by atoms with Gasteiger partial charge in [0.15, 0.2) is 0 Å². The van der Waals surface area contributed by atoms with Gasteiger partial charge in [-0.05, 0) is 34.3 Å². The Hall–Kier alpha value is -3.75. The molecule has 4 rings (SSSR count). The lowest BCUT2D eigenvalue weighted by atomic mass is 9.91. The first-order valence-corrected chi connectivity index (χ1v) is 14.5. The van der Waals surface area contributed by atoms with Crippen LogP contribution in [-0.2, 0) is 18.4 Å². The molecule has 0 amide bonds. The van der Waals surface area contributed by atoms with Crippen LogP contribution in [0.1, 0.15) is 40.5 Å². The summed E-state index contributed by atoms with van der Waals surface area (Å²) < 4.78 is 11.4. The monoisotopic (exact) mass is 520 g/mol. The van der Waals surface area contributed by atoms with Gasteiger partial charge in [0.05, 0.1) is 0 Å². The molecule has 0 aliphatic heterocycles. The zero-order chi connectivity index (χ0) is 25.7. The molecule has 0 fully saturated rings. The molecule has 4 aromatic rings. The van der Waals surface area contributed by atoms with Gasteiger partial charge in [0.25, 0.3) is 0 Å². The lowest BCUT2D eigenvalue weighted by Gasteiger charge is -2.17. The van der Waals surface area contributed by atoms with Crippen molar-refractivity contribution < 1.29 is 18.4 Å². The highest BCUT2D eigenvalue weighted by Crippen LogP contribution is 2.27. The number of hydrogen-bond donors (Lipinski definition) is 0. The fourth-order valence-corrected chi connectivity index (χ4v) is 5.83. The summed E-state index contributed by atoms with van der Waals surface area (Å²) in [6.07, 6.45) is 0.820. The Morgan fingerprint density at radius 3 is 1.03 bits per heavy atom. The molecule has 0 saturated heterocycles. The van der Waals surface area contributed by atoms with Crippen LogP contribution < -0.4 is 0 Å². The highest BCUT2D eigenvalue weighted by Gasteiger charge is 2.25. The van der Waals surface area contributed by atoms with E-state index in [1.807, 2.05) is 121 Å². The molecular weight excluding hydrogens is 493 g/mol. The zero-order valence-corrected chi connectivity index (χ0v) is 22.5. The van der Waals surface area contributed by atoms with Crippen LogP contribution >= 0.6 is 0 Å². The Labute approximate surface area is 223 Å². The Balaban J connectivity index is 1.24. The van der Waals surface area contributed by atoms with E-state index in [0.717, 1.165) is 40.8 Å². The molecule has 0 aromatic heterocycles. The summed E-state index contributed by atoms with van der Waals surface area (Å²) in [6.45, 7) is 0. The molecule has 6 heteroatoms. The van der Waals surface area contributed by atoms with E-state index < -0.39 is 11.8 Å². The van der Waals surface area contributed by atoms with Crippen LogP contribution in [0.3, 0.4) is 0 Å². The van der Waals surface area contributed by atoms with Crippen molar-refractivity contribution in [2.24, 2.45) is 0 Å². The zero-order valence-electron chi connectivity index (χ0n) is 20.5. The van der Waals surface area contributed by atoms with Crippen molar-refractivity contribution in [2.45, 2.75) is 30.3 Å². The Morgan fingerprint density at radius 2 is 0.757 bits per heavy atom. The first-order chi connectivity index (χ1) is 18.2. The minimum absolute atomic E-state index is 0.0657. The summed E-state index contributed by atoms with van der Waals surface area (Å²) in [7, 11) is 0.131. The maximum Gasteiger partial charge on any atom is 0.314 e. The summed E-state index contributed by atoms with van der Waals surface area (Å²) in [5.41, 5.74) is 3.68. The van der Waals surface area contributed by atoms with Crippen molar-refractivity contribution in [3.63, 3.8) is 0 Å². The first-order valence-electron chi connectivity index (χ1n) is 12.3. The predicted molar refractivity (Wildman–Crippen MR) is 147 cm³/mol. The molecule has 4 radical (unpaired) electrons. The second kappa shape index (κ2) is 14.1. The molecule has 4 nitrogen and oxygen atoms in total. The van der Waals surface area contributed by atoms with Crippen LogP contribution in [0, 0.1) is 0 Å². The molecule has 184 valence electrons. The Bertz CT molecular complexity index is 1060. The number of rotatable bonds is 12. The SMILES string of the molecule is O=C(O[Si]CCC[Si]OC(=O)C(c1ccccc1)c1ccccc1)C(c1ccccc1)c1ccccc1. The quantitative estimate of drug-likeness (QED) is 0.165. The highest BCUT2D eigenvalue weighted by atomic mass is 28.2. The van der Waals surface area contributed by atoms with Gasteiger partial charge in [-0.15, -0.1) is 0 Å². The van der Waals surface area contributed by atoms with Crippen LogP contribution in [0.5, 0.6) is 0 Å². The third kappa shape index (κ3) is 7.62. The number of benzene rings is 4. The van der Waals surface area contributed by atoms with E-state index >= 15 is 0 Å². The lowest BCUT2D eigenvalue weighted by Crippen LogP contribution is -2.20. The molecule has 0 N–H and O–H groups in total. The molecular formula is C31H28O4Si2. The molecule has 4 aromatic carbocycles. The second-order valence-electron chi connectivity index (χ2n) is 8.49. The molecule has 0 saturated carbocycles. The van der Waals surface area contributed by atoms with Gasteiger partial charge in [-0.25, -0.2) is 0 Å². The smallest absolute Gasteiger partial charge is 0.314 e. The molecule has 0 spiro atoms. The van der Waals surface area contributed by atoms with E-state index in [2.05, 4.69) is 0 Å². The predicted octanol–water partition coefficient (Wildman–Crippen LogP) is 6.20. The summed E-state index contributed by atoms with van der Waals surface area (Å²) >= 11 is 0. The van der Waals surface area contributed by atoms with E-state index in [9.17, 15) is 9.59 Å². The fourth-order valence-electron chi connectivity index (χ4n) is 4.11. The van der Waals surface area contributed by atoms with Gasteiger partial charge in [0.2, 0.25) is 0 Å². The minimum atomic E-state index is -0.439. The van der Waals surface area contributed by atoms with E-state index in [1.165, 1.54) is 0 Å². The van der Waals surface area contributed by atoms with Gasteiger partial charge in [-0.1, -0.05) is 128 Å². The van der Waals surface area contributed by atoms with E-state index in [0.29, 0.717) is 0 Å². The number of hydrogen-bond acceptors (Lipinski definition) is 4. The number of carbonyl (C=O) groups excluding carboxylic acids is 2. The standard InChI is InChI=1S/C31H28O4Si2/c32-30(28(24-14-5-1-6-15-24)25-16-7-2-8-17-25)34-36-22-13-23-37-35-31(33)29(26-18-9-3-10-19-26)27-20-11-4-12-21-27/h1-12,14-21,28-29H,13,22-23H2. The Kier molecular flexibility index (Phi) is 10.0. The topological polar surface area (TPSA) is 52.6 Å². The van der Waals surface area contributed by atoms with Crippen molar-refractivity contribution in [3.8, 4) is 0 Å². The second-order valence-corrected chi connectivity index (χ2v) is 10.5. The van der Waals surface area contributed by atoms with Crippen LogP contribution in [0.4, 0.5) is 0 Å². The molecule has 0 aliphatic carbocycles. The van der Waals surface area contributed by atoms with Crippen LogP contribution in [-0.4, -0.2) is 31.5 Å². The van der Waals surface area contributed by atoms with E-state index in [1.54, 1.807) is 0 Å². The summed E-state index contributed by atoms with van der Waals surface area (Å²) in [6, 6.07) is 40.3. The van der Waals surface area contributed by atoms with Crippen molar-refractivity contribution in [1.82, 2.24) is 0 Å². The van der Waals surface area contributed by atoms with Gasteiger partial charge in [0.1, 0.15) is 11.8 Å². The maximum atomic E-state index is 13.0. The van der Waals surface area contributed by atoms with Crippen molar-refractivity contribution >= 4 is 31.5 Å². The number of carbonyl (C=O) groups is 2. The average Bonchev–Trinajstić information content (AvgIpc) is 2.95. The lowest BCUT2D eigenvalue weighted by molar-refractivity contribution is -0.136. The molecule has 0 aliphatic rings. The van der Waals surface area contributed by atoms with Gasteiger partial charge in [0, 0.05) is 0 Å². The van der Waals surface area contributed by atoms with E-state index in [4.69, 9.17) is 8.85 Å². The van der Waals surface area contributed by atoms with E-state index in [-0.39, 0.29) is 31.5 Å². The molecule has 0 bridgehead atoms. The molecule has 0 atom stereocenters. The van der Waals surface area contributed by atoms with Gasteiger partial charge >= 0.3 is 31.5 Å². The Morgan fingerprint density at radius 1 is 0.486 bits per heavy atom. The van der Waals surface area contributed by atoms with Crippen LogP contribution in [0.25, 0.3) is 0 Å². The summed E-state index contributed by atoms with van der Waals surface area (Å²) in [5.74, 6) is -1.35. The average molecular weight is 521 g/mol. The third-order valence-corrected chi connectivity index (χ3v) is 7.71. The molecule has 0 heterocycles. The van der Waals surface area contributed by atoms with Gasteiger partial charge in [-0.3, -0.25) is 9.59 Å². The van der Waals surface area contributed by atoms with Crippen molar-refractivity contribution in [1.29, 1.82) is 0 Å². The van der Waals surface area contributed by atoms with Gasteiger partial charge < -0.3 is 8.85 Å². The molecule has 0 unspecified atom stereocenters. The molecule has 37 heavy (non-hydrogen) atoms. The minimum Gasteiger partial charge on any atom is -0.516 e. The first kappa shape index (κ1) is 26.3. The van der Waals surface area contributed by atoms with Crippen molar-refractivity contribution in [2.75, 3.05) is 0 Å². The van der Waals surface area contributed by atoms with Crippen molar-refractivity contribution in [3.05, 3.63) is 144 Å². The van der Waals surface area contributed by atoms with Crippen LogP contribution in [0.15, 0.2) is 121 Å². The highest BCUT2D eigenvalue weighted by molar-refractivity contribution is 6.33. The maximum absolute atomic E-state index is 13.0. The fraction of sp³-hybridized carbons (Fsp3) is 0.161. The third-order valence-electron chi connectivity index (χ3n) is 5.91.